The zero-order chi connectivity index (χ0) is 22.0. The molecule has 3 aliphatic heterocycles. The minimum Gasteiger partial charge on any atom is -0.381 e. The van der Waals surface area contributed by atoms with E-state index < -0.39 is 0 Å². The molecule has 3 aromatic rings. The maximum Gasteiger partial charge on any atom is 0.143 e. The molecule has 0 saturated carbocycles. The van der Waals surface area contributed by atoms with Crippen LogP contribution in [0.2, 0.25) is 0 Å². The summed E-state index contributed by atoms with van der Waals surface area (Å²) in [6.45, 7) is 7.53. The van der Waals surface area contributed by atoms with Gasteiger partial charge in [-0.1, -0.05) is 24.3 Å². The Morgan fingerprint density at radius 3 is 2.52 bits per heavy atom. The molecule has 7 nitrogen and oxygen atoms in total. The quantitative estimate of drug-likeness (QED) is 0.641. The Kier molecular flexibility index (Phi) is 6.01. The van der Waals surface area contributed by atoms with Crippen molar-refractivity contribution >= 4 is 16.9 Å². The summed E-state index contributed by atoms with van der Waals surface area (Å²) in [4.78, 5) is 17.9. The monoisotopic (exact) mass is 447 g/mol. The molecule has 33 heavy (non-hydrogen) atoms. The van der Waals surface area contributed by atoms with Crippen molar-refractivity contribution in [2.24, 2.45) is 5.92 Å². The first-order chi connectivity index (χ1) is 16.3. The fraction of sp³-hybridized carbons (Fsp3) is 0.538. The molecule has 0 aliphatic carbocycles. The number of aromatic nitrogens is 3. The van der Waals surface area contributed by atoms with Crippen molar-refractivity contribution in [2.75, 3.05) is 51.0 Å². The van der Waals surface area contributed by atoms with Crippen molar-refractivity contribution in [3.8, 4) is 11.3 Å². The second kappa shape index (κ2) is 9.41. The van der Waals surface area contributed by atoms with Crippen LogP contribution in [0.5, 0.6) is 0 Å². The molecule has 0 amide bonds. The number of benzene rings is 1. The molecule has 0 bridgehead atoms. The molecule has 0 radical (unpaired) electrons. The fourth-order valence-corrected chi connectivity index (χ4v) is 5.76. The third-order valence-electron chi connectivity index (χ3n) is 7.56. The topological polar surface area (TPSA) is 66.5 Å². The van der Waals surface area contributed by atoms with E-state index in [-0.39, 0.29) is 0 Å². The van der Waals surface area contributed by atoms with Crippen LogP contribution in [0.4, 0.5) is 5.82 Å². The largest absolute Gasteiger partial charge is 0.381 e. The molecule has 2 aromatic heterocycles. The van der Waals surface area contributed by atoms with Crippen LogP contribution < -0.4 is 4.90 Å². The Morgan fingerprint density at radius 1 is 0.909 bits per heavy atom. The minimum atomic E-state index is 0.560. The molecule has 174 valence electrons. The number of fused-ring (bicyclic) bond motifs is 1. The summed E-state index contributed by atoms with van der Waals surface area (Å²) in [6.07, 6.45) is 6.51. The lowest BCUT2D eigenvalue weighted by atomic mass is 9.90. The molecule has 3 saturated heterocycles. The number of ether oxygens (including phenoxy) is 2. The number of hydrogen-bond acceptors (Lipinski definition) is 6. The van der Waals surface area contributed by atoms with Crippen LogP contribution in [0, 0.1) is 5.92 Å². The van der Waals surface area contributed by atoms with Gasteiger partial charge in [-0.05, 0) is 48.8 Å². The zero-order valence-corrected chi connectivity index (χ0v) is 19.2. The summed E-state index contributed by atoms with van der Waals surface area (Å²) in [5, 5.41) is 1.13. The van der Waals surface area contributed by atoms with Gasteiger partial charge in [-0.2, -0.15) is 0 Å². The van der Waals surface area contributed by atoms with Crippen LogP contribution in [0.25, 0.3) is 22.3 Å². The Hall–Kier alpha value is -2.48. The lowest BCUT2D eigenvalue weighted by Gasteiger charge is -2.34. The van der Waals surface area contributed by atoms with Gasteiger partial charge in [0.25, 0.3) is 0 Å². The van der Waals surface area contributed by atoms with Crippen molar-refractivity contribution < 1.29 is 9.47 Å². The van der Waals surface area contributed by atoms with Crippen LogP contribution in [-0.4, -0.2) is 72.0 Å². The Balaban J connectivity index is 1.24. The molecular formula is C26H33N5O2. The van der Waals surface area contributed by atoms with Crippen LogP contribution in [0.15, 0.2) is 36.7 Å². The van der Waals surface area contributed by atoms with E-state index in [4.69, 9.17) is 14.5 Å². The summed E-state index contributed by atoms with van der Waals surface area (Å²) in [5.41, 5.74) is 4.55. The van der Waals surface area contributed by atoms with Gasteiger partial charge in [0.2, 0.25) is 0 Å². The lowest BCUT2D eigenvalue weighted by molar-refractivity contribution is 0.0342. The van der Waals surface area contributed by atoms with Crippen molar-refractivity contribution in [1.29, 1.82) is 0 Å². The van der Waals surface area contributed by atoms with E-state index >= 15 is 0 Å². The molecule has 5 heterocycles. The molecule has 0 spiro atoms. The van der Waals surface area contributed by atoms with Gasteiger partial charge >= 0.3 is 0 Å². The Labute approximate surface area is 195 Å². The lowest BCUT2D eigenvalue weighted by Crippen LogP contribution is -2.38. The van der Waals surface area contributed by atoms with Crippen LogP contribution >= 0.6 is 0 Å². The normalized spacial score (nSPS) is 22.9. The molecule has 1 N–H and O–H groups in total. The van der Waals surface area contributed by atoms with E-state index in [1.54, 1.807) is 6.33 Å². The zero-order valence-electron chi connectivity index (χ0n) is 19.2. The summed E-state index contributed by atoms with van der Waals surface area (Å²) in [6, 6.07) is 11.7. The van der Waals surface area contributed by atoms with E-state index in [0.717, 1.165) is 88.0 Å². The van der Waals surface area contributed by atoms with E-state index in [1.165, 1.54) is 24.0 Å². The summed E-state index contributed by atoms with van der Waals surface area (Å²) >= 11 is 0. The van der Waals surface area contributed by atoms with Gasteiger partial charge in [0.05, 0.1) is 18.6 Å². The SMILES string of the molecule is c1nc(N2CCCC2C2CCOCC2)c2cc(-c3ccc(CN4CCOCC4)cc3)[nH]c2n1. The fourth-order valence-electron chi connectivity index (χ4n) is 5.76. The van der Waals surface area contributed by atoms with Crippen molar-refractivity contribution in [2.45, 2.75) is 38.3 Å². The molecule has 3 fully saturated rings. The number of morpholine rings is 1. The number of nitrogens with one attached hydrogen (secondary N) is 1. The highest BCUT2D eigenvalue weighted by molar-refractivity contribution is 5.92. The first-order valence-electron chi connectivity index (χ1n) is 12.4. The molecular weight excluding hydrogens is 414 g/mol. The number of hydrogen-bond donors (Lipinski definition) is 1. The maximum atomic E-state index is 5.62. The third-order valence-corrected chi connectivity index (χ3v) is 7.56. The Bertz CT molecular complexity index is 1070. The van der Waals surface area contributed by atoms with Crippen LogP contribution in [-0.2, 0) is 16.0 Å². The maximum absolute atomic E-state index is 5.62. The average Bonchev–Trinajstić information content (AvgIpc) is 3.53. The summed E-state index contributed by atoms with van der Waals surface area (Å²) < 4.78 is 11.1. The standard InChI is InChI=1S/C26H33N5O2/c1-2-24(21-7-12-32-13-8-21)31(9-1)26-22-16-23(29-25(22)27-18-28-26)20-5-3-19(4-6-20)17-30-10-14-33-15-11-30/h3-6,16,18,21,24H,1-2,7-15,17H2,(H,27,28,29). The van der Waals surface area contributed by atoms with Crippen molar-refractivity contribution in [3.63, 3.8) is 0 Å². The number of H-pyrrole nitrogens is 1. The third kappa shape index (κ3) is 4.37. The molecule has 3 aliphatic rings. The van der Waals surface area contributed by atoms with Crippen molar-refractivity contribution in [1.82, 2.24) is 19.9 Å². The smallest absolute Gasteiger partial charge is 0.143 e. The van der Waals surface area contributed by atoms with E-state index in [1.807, 2.05) is 0 Å². The second-order valence-corrected chi connectivity index (χ2v) is 9.58. The van der Waals surface area contributed by atoms with E-state index in [2.05, 4.69) is 50.1 Å². The van der Waals surface area contributed by atoms with Gasteiger partial charge in [-0.15, -0.1) is 0 Å². The minimum absolute atomic E-state index is 0.560. The molecule has 6 rings (SSSR count). The highest BCUT2D eigenvalue weighted by atomic mass is 16.5. The number of nitrogens with zero attached hydrogens (tertiary/aromatic N) is 4. The predicted octanol–water partition coefficient (Wildman–Crippen LogP) is 3.85. The first kappa shape index (κ1) is 21.1. The molecule has 1 aromatic carbocycles. The van der Waals surface area contributed by atoms with Gasteiger partial charge in [0.1, 0.15) is 17.8 Å². The molecule has 1 atom stereocenters. The van der Waals surface area contributed by atoms with Gasteiger partial charge in [0, 0.05) is 51.1 Å². The summed E-state index contributed by atoms with van der Waals surface area (Å²) in [5.74, 6) is 1.78. The number of aromatic amines is 1. The van der Waals surface area contributed by atoms with Gasteiger partial charge in [0.15, 0.2) is 0 Å². The van der Waals surface area contributed by atoms with E-state index in [9.17, 15) is 0 Å². The van der Waals surface area contributed by atoms with Gasteiger partial charge in [-0.25, -0.2) is 9.97 Å². The van der Waals surface area contributed by atoms with Crippen LogP contribution in [0.3, 0.4) is 0 Å². The number of rotatable bonds is 5. The van der Waals surface area contributed by atoms with Gasteiger partial charge < -0.3 is 19.4 Å². The first-order valence-corrected chi connectivity index (χ1v) is 12.4. The molecule has 1 unspecified atom stereocenters. The molecule has 7 heteroatoms. The summed E-state index contributed by atoms with van der Waals surface area (Å²) in [7, 11) is 0. The van der Waals surface area contributed by atoms with Crippen LogP contribution in [0.1, 0.15) is 31.2 Å². The Morgan fingerprint density at radius 2 is 1.70 bits per heavy atom. The highest BCUT2D eigenvalue weighted by Crippen LogP contribution is 2.37. The average molecular weight is 448 g/mol. The van der Waals surface area contributed by atoms with Crippen molar-refractivity contribution in [3.05, 3.63) is 42.2 Å². The second-order valence-electron chi connectivity index (χ2n) is 9.58. The van der Waals surface area contributed by atoms with E-state index in [0.29, 0.717) is 12.0 Å². The highest BCUT2D eigenvalue weighted by Gasteiger charge is 2.34. The predicted molar refractivity (Wildman–Crippen MR) is 129 cm³/mol. The van der Waals surface area contributed by atoms with Gasteiger partial charge in [-0.3, -0.25) is 4.90 Å². The number of anilines is 1.